The van der Waals surface area contributed by atoms with E-state index in [1.165, 1.54) is 12.1 Å². The summed E-state index contributed by atoms with van der Waals surface area (Å²) < 4.78 is 13.8. The topological polar surface area (TPSA) is 55.1 Å². The van der Waals surface area contributed by atoms with Crippen molar-refractivity contribution in [1.29, 1.82) is 0 Å². The van der Waals surface area contributed by atoms with Gasteiger partial charge in [0.15, 0.2) is 0 Å². The molecule has 1 amide bonds. The first kappa shape index (κ1) is 14.1. The Labute approximate surface area is 113 Å². The molecule has 92 valence electrons. The third-order valence-electron chi connectivity index (χ3n) is 2.25. The zero-order valence-corrected chi connectivity index (χ0v) is 11.6. The zero-order valence-electron chi connectivity index (χ0n) is 9.17. The standard InChI is InChI=1S/C11H12BrFN2OS/c1-6(10(14)17)5-15-11(16)7-3-2-4-8(12)9(7)13/h2-4,6H,5H2,1H3,(H2,14,17)(H,15,16). The summed E-state index contributed by atoms with van der Waals surface area (Å²) in [5.41, 5.74) is 5.41. The van der Waals surface area contributed by atoms with Gasteiger partial charge in [0.25, 0.3) is 5.91 Å². The number of nitrogens with one attached hydrogen (secondary N) is 1. The van der Waals surface area contributed by atoms with E-state index >= 15 is 0 Å². The highest BCUT2D eigenvalue weighted by Crippen LogP contribution is 2.18. The highest BCUT2D eigenvalue weighted by molar-refractivity contribution is 9.10. The fourth-order valence-corrected chi connectivity index (χ4v) is 1.57. The van der Waals surface area contributed by atoms with Gasteiger partial charge in [-0.05, 0) is 28.1 Å². The lowest BCUT2D eigenvalue weighted by Gasteiger charge is -2.11. The molecule has 6 heteroatoms. The molecule has 0 bridgehead atoms. The Morgan fingerprint density at radius 1 is 1.65 bits per heavy atom. The SMILES string of the molecule is CC(CNC(=O)c1cccc(Br)c1F)C(N)=S. The van der Waals surface area contributed by atoms with Crippen LogP contribution < -0.4 is 11.1 Å². The minimum absolute atomic E-state index is 0.00508. The van der Waals surface area contributed by atoms with Crippen molar-refractivity contribution < 1.29 is 9.18 Å². The third kappa shape index (κ3) is 3.74. The van der Waals surface area contributed by atoms with Gasteiger partial charge in [0, 0.05) is 12.5 Å². The van der Waals surface area contributed by atoms with Crippen LogP contribution in [0.25, 0.3) is 0 Å². The largest absolute Gasteiger partial charge is 0.393 e. The molecule has 0 aliphatic heterocycles. The molecule has 1 aromatic carbocycles. The molecule has 3 nitrogen and oxygen atoms in total. The number of nitrogens with two attached hydrogens (primary N) is 1. The van der Waals surface area contributed by atoms with Crippen molar-refractivity contribution in [3.05, 3.63) is 34.1 Å². The van der Waals surface area contributed by atoms with Crippen molar-refractivity contribution >= 4 is 39.0 Å². The number of carbonyl (C=O) groups excluding carboxylic acids is 1. The van der Waals surface area contributed by atoms with Crippen LogP contribution in [0.4, 0.5) is 4.39 Å². The fraction of sp³-hybridized carbons (Fsp3) is 0.273. The molecule has 0 aliphatic rings. The molecule has 1 unspecified atom stereocenters. The van der Waals surface area contributed by atoms with Gasteiger partial charge in [-0.2, -0.15) is 0 Å². The molecule has 1 aromatic rings. The van der Waals surface area contributed by atoms with Gasteiger partial charge in [0.2, 0.25) is 0 Å². The van der Waals surface area contributed by atoms with Crippen molar-refractivity contribution in [3.63, 3.8) is 0 Å². The molecule has 0 spiro atoms. The maximum Gasteiger partial charge on any atom is 0.254 e. The Morgan fingerprint density at radius 3 is 2.88 bits per heavy atom. The van der Waals surface area contributed by atoms with Gasteiger partial charge >= 0.3 is 0 Å². The van der Waals surface area contributed by atoms with Crippen LogP contribution in [0.2, 0.25) is 0 Å². The van der Waals surface area contributed by atoms with E-state index in [0.717, 1.165) is 0 Å². The molecule has 3 N–H and O–H groups in total. The molecule has 0 heterocycles. The van der Waals surface area contributed by atoms with Gasteiger partial charge in [-0.3, -0.25) is 4.79 Å². The lowest BCUT2D eigenvalue weighted by atomic mass is 10.1. The number of benzene rings is 1. The van der Waals surface area contributed by atoms with E-state index in [9.17, 15) is 9.18 Å². The van der Waals surface area contributed by atoms with Gasteiger partial charge in [-0.15, -0.1) is 0 Å². The Bertz CT molecular complexity index is 453. The second-order valence-corrected chi connectivity index (χ2v) is 4.94. The molecule has 1 atom stereocenters. The number of amides is 1. The van der Waals surface area contributed by atoms with Crippen LogP contribution in [0.1, 0.15) is 17.3 Å². The summed E-state index contributed by atoms with van der Waals surface area (Å²) in [5.74, 6) is -1.18. The summed E-state index contributed by atoms with van der Waals surface area (Å²) in [4.78, 5) is 12.0. The molecule has 0 aliphatic carbocycles. The number of carbonyl (C=O) groups is 1. The van der Waals surface area contributed by atoms with Crippen LogP contribution in [-0.4, -0.2) is 17.4 Å². The zero-order chi connectivity index (χ0) is 13.0. The molecule has 0 saturated carbocycles. The van der Waals surface area contributed by atoms with E-state index in [1.807, 2.05) is 0 Å². The molecule has 0 fully saturated rings. The van der Waals surface area contributed by atoms with Crippen molar-refractivity contribution in [2.75, 3.05) is 6.54 Å². The Hall–Kier alpha value is -1.01. The minimum atomic E-state index is -0.576. The number of rotatable bonds is 4. The van der Waals surface area contributed by atoms with Crippen molar-refractivity contribution in [1.82, 2.24) is 5.32 Å². The van der Waals surface area contributed by atoms with Crippen molar-refractivity contribution in [3.8, 4) is 0 Å². The third-order valence-corrected chi connectivity index (χ3v) is 3.27. The van der Waals surface area contributed by atoms with Crippen LogP contribution in [0, 0.1) is 11.7 Å². The minimum Gasteiger partial charge on any atom is -0.393 e. The van der Waals surface area contributed by atoms with Gasteiger partial charge in [0.1, 0.15) is 5.82 Å². The Morgan fingerprint density at radius 2 is 2.29 bits per heavy atom. The van der Waals surface area contributed by atoms with Crippen LogP contribution in [0.15, 0.2) is 22.7 Å². The van der Waals surface area contributed by atoms with E-state index < -0.39 is 11.7 Å². The average molecular weight is 319 g/mol. The highest BCUT2D eigenvalue weighted by atomic mass is 79.9. The normalized spacial score (nSPS) is 11.9. The van der Waals surface area contributed by atoms with E-state index in [-0.39, 0.29) is 16.0 Å². The van der Waals surface area contributed by atoms with Crippen molar-refractivity contribution in [2.24, 2.45) is 11.7 Å². The van der Waals surface area contributed by atoms with Crippen LogP contribution >= 0.6 is 28.1 Å². The lowest BCUT2D eigenvalue weighted by molar-refractivity contribution is 0.0947. The lowest BCUT2D eigenvalue weighted by Crippen LogP contribution is -2.34. The second kappa shape index (κ2) is 6.07. The fourth-order valence-electron chi connectivity index (χ4n) is 1.12. The average Bonchev–Trinajstić information content (AvgIpc) is 2.29. The van der Waals surface area contributed by atoms with Gasteiger partial charge in [-0.25, -0.2) is 4.39 Å². The molecule has 0 radical (unpaired) electrons. The maximum absolute atomic E-state index is 13.6. The van der Waals surface area contributed by atoms with E-state index in [4.69, 9.17) is 18.0 Å². The highest BCUT2D eigenvalue weighted by Gasteiger charge is 2.14. The van der Waals surface area contributed by atoms with E-state index in [0.29, 0.717) is 11.5 Å². The monoisotopic (exact) mass is 318 g/mol. The predicted octanol–water partition coefficient (Wildman–Crippen LogP) is 2.24. The van der Waals surface area contributed by atoms with E-state index in [2.05, 4.69) is 21.2 Å². The first-order valence-electron chi connectivity index (χ1n) is 4.95. The number of thiocarbonyl (C=S) groups is 1. The molecule has 17 heavy (non-hydrogen) atoms. The quantitative estimate of drug-likeness (QED) is 0.837. The van der Waals surface area contributed by atoms with Crippen LogP contribution in [0.3, 0.4) is 0 Å². The number of hydrogen-bond acceptors (Lipinski definition) is 2. The Balaban J connectivity index is 2.71. The molecular weight excluding hydrogens is 307 g/mol. The number of hydrogen-bond donors (Lipinski definition) is 2. The number of halogens is 2. The molecular formula is C11H12BrFN2OS. The molecule has 0 saturated heterocycles. The summed E-state index contributed by atoms with van der Waals surface area (Å²) in [6.07, 6.45) is 0. The first-order valence-corrected chi connectivity index (χ1v) is 6.15. The molecule has 0 aromatic heterocycles. The Kier molecular flexibility index (Phi) is 5.02. The summed E-state index contributed by atoms with van der Waals surface area (Å²) in [6, 6.07) is 4.55. The molecule has 1 rings (SSSR count). The smallest absolute Gasteiger partial charge is 0.254 e. The summed E-state index contributed by atoms with van der Waals surface area (Å²) in [5, 5.41) is 2.58. The second-order valence-electron chi connectivity index (χ2n) is 3.61. The summed E-state index contributed by atoms with van der Waals surface area (Å²) >= 11 is 7.80. The maximum atomic E-state index is 13.6. The van der Waals surface area contributed by atoms with Gasteiger partial charge in [0.05, 0.1) is 15.0 Å². The first-order chi connectivity index (χ1) is 7.93. The predicted molar refractivity (Wildman–Crippen MR) is 72.4 cm³/mol. The van der Waals surface area contributed by atoms with Crippen molar-refractivity contribution in [2.45, 2.75) is 6.92 Å². The van der Waals surface area contributed by atoms with Gasteiger partial charge in [-0.1, -0.05) is 25.2 Å². The van der Waals surface area contributed by atoms with Crippen LogP contribution in [0.5, 0.6) is 0 Å². The summed E-state index contributed by atoms with van der Waals surface area (Å²) in [7, 11) is 0. The van der Waals surface area contributed by atoms with E-state index in [1.54, 1.807) is 13.0 Å². The van der Waals surface area contributed by atoms with Gasteiger partial charge < -0.3 is 11.1 Å². The summed E-state index contributed by atoms with van der Waals surface area (Å²) in [6.45, 7) is 2.08. The van der Waals surface area contributed by atoms with Crippen LogP contribution in [-0.2, 0) is 0 Å².